The quantitative estimate of drug-likeness (QED) is 0.832. The Morgan fingerprint density at radius 2 is 2.38 bits per heavy atom. The van der Waals surface area contributed by atoms with Crippen molar-refractivity contribution in [3.05, 3.63) is 21.3 Å². The zero-order chi connectivity index (χ0) is 11.8. The molecule has 1 aliphatic rings. The second kappa shape index (κ2) is 4.08. The van der Waals surface area contributed by atoms with E-state index in [1.807, 2.05) is 12.1 Å². The van der Waals surface area contributed by atoms with E-state index in [1.54, 1.807) is 11.9 Å². The highest BCUT2D eigenvalue weighted by molar-refractivity contribution is 7.16. The molecule has 84 valence electrons. The molecule has 0 unspecified atom stereocenters. The minimum absolute atomic E-state index is 0.0699. The van der Waals surface area contributed by atoms with Crippen LogP contribution in [0, 0.1) is 16.7 Å². The highest BCUT2D eigenvalue weighted by atomic mass is 35.5. The molecule has 16 heavy (non-hydrogen) atoms. The normalized spacial score (nSPS) is 16.6. The molecule has 3 nitrogen and oxygen atoms in total. The third kappa shape index (κ3) is 2.06. The summed E-state index contributed by atoms with van der Waals surface area (Å²) in [7, 11) is 1.73. The highest BCUT2D eigenvalue weighted by Gasteiger charge is 2.51. The molecule has 1 aliphatic carbocycles. The molecule has 0 spiro atoms. The number of nitriles is 1. The topological polar surface area (TPSA) is 44.1 Å². The van der Waals surface area contributed by atoms with Crippen molar-refractivity contribution in [2.24, 2.45) is 5.41 Å². The molecule has 0 aliphatic heterocycles. The van der Waals surface area contributed by atoms with E-state index in [1.165, 1.54) is 11.3 Å². The van der Waals surface area contributed by atoms with Gasteiger partial charge in [-0.2, -0.15) is 5.26 Å². The van der Waals surface area contributed by atoms with Crippen LogP contribution in [-0.2, 0) is 11.3 Å². The molecule has 1 amide bonds. The largest absolute Gasteiger partial charge is 0.339 e. The number of rotatable bonds is 3. The SMILES string of the molecule is CN(Cc1ccc(Cl)s1)C(=O)C1(C#N)CC1. The van der Waals surface area contributed by atoms with E-state index in [9.17, 15) is 4.79 Å². The van der Waals surface area contributed by atoms with Crippen molar-refractivity contribution in [2.45, 2.75) is 19.4 Å². The molecule has 1 fully saturated rings. The fourth-order valence-electron chi connectivity index (χ4n) is 1.61. The van der Waals surface area contributed by atoms with Crippen molar-refractivity contribution in [3.63, 3.8) is 0 Å². The average Bonchev–Trinajstić information content (AvgIpc) is 2.97. The number of carbonyl (C=O) groups excluding carboxylic acids is 1. The van der Waals surface area contributed by atoms with E-state index < -0.39 is 5.41 Å². The predicted molar refractivity (Wildman–Crippen MR) is 63.1 cm³/mol. The Balaban J connectivity index is 2.01. The number of carbonyl (C=O) groups is 1. The summed E-state index contributed by atoms with van der Waals surface area (Å²) < 4.78 is 0.720. The van der Waals surface area contributed by atoms with Crippen molar-refractivity contribution < 1.29 is 4.79 Å². The summed E-state index contributed by atoms with van der Waals surface area (Å²) in [4.78, 5) is 14.6. The second-order valence-corrected chi connectivity index (χ2v) is 5.86. The summed E-state index contributed by atoms with van der Waals surface area (Å²) in [6.07, 6.45) is 1.38. The minimum atomic E-state index is -0.726. The Hall–Kier alpha value is -1.05. The molecule has 1 aromatic heterocycles. The number of nitrogens with zero attached hydrogens (tertiary/aromatic N) is 2. The van der Waals surface area contributed by atoms with Crippen molar-refractivity contribution in [3.8, 4) is 6.07 Å². The van der Waals surface area contributed by atoms with Gasteiger partial charge in [0.15, 0.2) is 0 Å². The molecule has 1 aromatic rings. The molecule has 0 aromatic carbocycles. The van der Waals surface area contributed by atoms with Gasteiger partial charge < -0.3 is 4.90 Å². The third-order valence-electron chi connectivity index (χ3n) is 2.74. The third-order valence-corrected chi connectivity index (χ3v) is 3.96. The zero-order valence-electron chi connectivity index (χ0n) is 8.86. The van der Waals surface area contributed by atoms with E-state index in [0.29, 0.717) is 19.4 Å². The molecule has 0 radical (unpaired) electrons. The maximum Gasteiger partial charge on any atom is 0.243 e. The Morgan fingerprint density at radius 1 is 1.69 bits per heavy atom. The van der Waals surface area contributed by atoms with Crippen molar-refractivity contribution in [1.29, 1.82) is 5.26 Å². The summed E-state index contributed by atoms with van der Waals surface area (Å²) in [6.45, 7) is 0.527. The number of thiophene rings is 1. The lowest BCUT2D eigenvalue weighted by Gasteiger charge is -2.18. The first kappa shape index (κ1) is 11.4. The van der Waals surface area contributed by atoms with Crippen molar-refractivity contribution in [1.82, 2.24) is 4.90 Å². The van der Waals surface area contributed by atoms with E-state index in [2.05, 4.69) is 6.07 Å². The summed E-state index contributed by atoms with van der Waals surface area (Å²) in [6, 6.07) is 5.83. The first-order valence-electron chi connectivity index (χ1n) is 4.98. The molecule has 1 saturated carbocycles. The molecule has 0 atom stereocenters. The fraction of sp³-hybridized carbons (Fsp3) is 0.455. The van der Waals surface area contributed by atoms with Gasteiger partial charge >= 0.3 is 0 Å². The smallest absolute Gasteiger partial charge is 0.243 e. The molecule has 5 heteroatoms. The molecule has 0 N–H and O–H groups in total. The van der Waals surface area contributed by atoms with Gasteiger partial charge in [-0.25, -0.2) is 0 Å². The summed E-state index contributed by atoms with van der Waals surface area (Å²) in [5, 5.41) is 8.93. The van der Waals surface area contributed by atoms with Crippen LogP contribution < -0.4 is 0 Å². The summed E-state index contributed by atoms with van der Waals surface area (Å²) in [5.41, 5.74) is -0.726. The molecule has 2 rings (SSSR count). The van der Waals surface area contributed by atoms with Crippen molar-refractivity contribution in [2.75, 3.05) is 7.05 Å². The van der Waals surface area contributed by atoms with Crippen LogP contribution in [0.1, 0.15) is 17.7 Å². The van der Waals surface area contributed by atoms with Gasteiger partial charge in [0.2, 0.25) is 5.91 Å². The number of halogens is 1. The Bertz CT molecular complexity index is 459. The van der Waals surface area contributed by atoms with Gasteiger partial charge in [-0.15, -0.1) is 11.3 Å². The first-order valence-corrected chi connectivity index (χ1v) is 6.18. The standard InChI is InChI=1S/C11H11ClN2OS/c1-14(6-8-2-3-9(12)16-8)10(15)11(7-13)4-5-11/h2-3H,4-6H2,1H3. The fourth-order valence-corrected chi connectivity index (χ4v) is 2.75. The van der Waals surface area contributed by atoms with Gasteiger partial charge in [-0.1, -0.05) is 11.6 Å². The Morgan fingerprint density at radius 3 is 2.81 bits per heavy atom. The van der Waals surface area contributed by atoms with Gasteiger partial charge in [0.05, 0.1) is 17.0 Å². The average molecular weight is 255 g/mol. The van der Waals surface area contributed by atoms with Crippen molar-refractivity contribution >= 4 is 28.8 Å². The van der Waals surface area contributed by atoms with Crippen LogP contribution >= 0.6 is 22.9 Å². The molecule has 0 bridgehead atoms. The Kier molecular flexibility index (Phi) is 2.92. The number of amides is 1. The minimum Gasteiger partial charge on any atom is -0.339 e. The summed E-state index contributed by atoms with van der Waals surface area (Å²) >= 11 is 7.28. The van der Waals surface area contributed by atoms with E-state index >= 15 is 0 Å². The van der Waals surface area contributed by atoms with Crippen LogP contribution in [0.4, 0.5) is 0 Å². The molecular weight excluding hydrogens is 244 g/mol. The molecular formula is C11H11ClN2OS. The van der Waals surface area contributed by atoms with Crippen LogP contribution in [0.15, 0.2) is 12.1 Å². The Labute approximate surface area is 103 Å². The maximum atomic E-state index is 11.9. The van der Waals surface area contributed by atoms with Crippen LogP contribution in [0.2, 0.25) is 4.34 Å². The predicted octanol–water partition coefficient (Wildman–Crippen LogP) is 2.66. The van der Waals surface area contributed by atoms with Gasteiger partial charge in [-0.05, 0) is 25.0 Å². The van der Waals surface area contributed by atoms with E-state index in [0.717, 1.165) is 9.21 Å². The molecule has 1 heterocycles. The van der Waals surface area contributed by atoms with Crippen LogP contribution in [-0.4, -0.2) is 17.9 Å². The second-order valence-electron chi connectivity index (χ2n) is 4.06. The highest BCUT2D eigenvalue weighted by Crippen LogP contribution is 2.46. The lowest BCUT2D eigenvalue weighted by Crippen LogP contribution is -2.32. The van der Waals surface area contributed by atoms with Crippen LogP contribution in [0.5, 0.6) is 0 Å². The number of hydrogen-bond acceptors (Lipinski definition) is 3. The van der Waals surface area contributed by atoms with Crippen LogP contribution in [0.25, 0.3) is 0 Å². The lowest BCUT2D eigenvalue weighted by molar-refractivity contribution is -0.134. The number of hydrogen-bond donors (Lipinski definition) is 0. The molecule has 0 saturated heterocycles. The maximum absolute atomic E-state index is 11.9. The van der Waals surface area contributed by atoms with Gasteiger partial charge in [-0.3, -0.25) is 4.79 Å². The van der Waals surface area contributed by atoms with Gasteiger partial charge in [0.25, 0.3) is 0 Å². The zero-order valence-corrected chi connectivity index (χ0v) is 10.4. The first-order chi connectivity index (χ1) is 7.57. The van der Waals surface area contributed by atoms with E-state index in [4.69, 9.17) is 16.9 Å². The van der Waals surface area contributed by atoms with E-state index in [-0.39, 0.29) is 5.91 Å². The van der Waals surface area contributed by atoms with Gasteiger partial charge in [0.1, 0.15) is 5.41 Å². The van der Waals surface area contributed by atoms with Crippen LogP contribution in [0.3, 0.4) is 0 Å². The lowest BCUT2D eigenvalue weighted by atomic mass is 10.1. The summed E-state index contributed by atoms with van der Waals surface area (Å²) in [5.74, 6) is -0.0699. The monoisotopic (exact) mass is 254 g/mol. The van der Waals surface area contributed by atoms with Gasteiger partial charge in [0, 0.05) is 11.9 Å².